The summed E-state index contributed by atoms with van der Waals surface area (Å²) in [7, 11) is 1.27. The lowest BCUT2D eigenvalue weighted by Crippen LogP contribution is -2.28. The number of nitrogens with zero attached hydrogens (tertiary/aromatic N) is 2. The third-order valence-electron chi connectivity index (χ3n) is 4.20. The fraction of sp³-hybridized carbons (Fsp3) is 0.350. The topological polar surface area (TPSA) is 79.0 Å². The van der Waals surface area contributed by atoms with E-state index in [1.165, 1.54) is 32.3 Å². The zero-order valence-electron chi connectivity index (χ0n) is 16.8. The number of halogens is 1. The molecule has 0 fully saturated rings. The first-order valence-corrected chi connectivity index (χ1v) is 10.5. The summed E-state index contributed by atoms with van der Waals surface area (Å²) in [6.45, 7) is 1.35. The molecule has 0 radical (unpaired) electrons. The van der Waals surface area contributed by atoms with E-state index in [4.69, 9.17) is 4.74 Å². The van der Waals surface area contributed by atoms with Crippen LogP contribution in [0.15, 0.2) is 53.4 Å². The van der Waals surface area contributed by atoms with E-state index in [2.05, 4.69) is 5.32 Å². The minimum Gasteiger partial charge on any atom is -0.489 e. The molecular weight excluding hydrogens is 397 g/mol. The molecule has 0 heterocycles. The van der Waals surface area contributed by atoms with E-state index in [-0.39, 0.29) is 23.0 Å². The van der Waals surface area contributed by atoms with Gasteiger partial charge in [0.2, 0.25) is 15.9 Å². The second-order valence-electron chi connectivity index (χ2n) is 6.69. The Morgan fingerprint density at radius 2 is 1.69 bits per heavy atom. The van der Waals surface area contributed by atoms with Crippen molar-refractivity contribution in [1.82, 2.24) is 9.21 Å². The predicted octanol–water partition coefficient (Wildman–Crippen LogP) is 2.42. The Morgan fingerprint density at radius 3 is 2.31 bits per heavy atom. The van der Waals surface area contributed by atoms with Gasteiger partial charge in [-0.05, 0) is 43.4 Å². The Morgan fingerprint density at radius 1 is 1.03 bits per heavy atom. The standard InChI is InChI=1S/C20H26FN3O4S/c1-23(2)29(26,27)17-10-8-16(9-11-17)22-20(25)12-13-24(3)14-15-28-19-7-5-4-6-18(19)21/h4-11H,12-15H2,1-3H3,(H,22,25). The third kappa shape index (κ3) is 6.81. The monoisotopic (exact) mass is 423 g/mol. The lowest BCUT2D eigenvalue weighted by atomic mass is 10.3. The quantitative estimate of drug-likeness (QED) is 0.635. The van der Waals surface area contributed by atoms with Gasteiger partial charge in [-0.15, -0.1) is 0 Å². The van der Waals surface area contributed by atoms with Gasteiger partial charge >= 0.3 is 0 Å². The molecule has 0 atom stereocenters. The number of rotatable bonds is 10. The molecule has 0 saturated carbocycles. The molecule has 2 aromatic rings. The summed E-state index contributed by atoms with van der Waals surface area (Å²) in [5.41, 5.74) is 0.526. The Hall–Kier alpha value is -2.49. The molecule has 2 aromatic carbocycles. The summed E-state index contributed by atoms with van der Waals surface area (Å²) < 4.78 is 44.1. The van der Waals surface area contributed by atoms with E-state index in [1.807, 2.05) is 11.9 Å². The molecule has 158 valence electrons. The van der Waals surface area contributed by atoms with Crippen molar-refractivity contribution < 1.29 is 22.3 Å². The zero-order valence-corrected chi connectivity index (χ0v) is 17.6. The number of likely N-dealkylation sites (N-methyl/N-ethyl adjacent to an activating group) is 1. The highest BCUT2D eigenvalue weighted by Crippen LogP contribution is 2.17. The molecule has 0 spiro atoms. The maximum absolute atomic E-state index is 13.5. The molecule has 29 heavy (non-hydrogen) atoms. The number of sulfonamides is 1. The molecule has 1 amide bonds. The Kier molecular flexibility index (Phi) is 8.12. The molecule has 0 aliphatic rings. The normalized spacial score (nSPS) is 11.7. The lowest BCUT2D eigenvalue weighted by Gasteiger charge is -2.17. The second kappa shape index (κ2) is 10.3. The van der Waals surface area contributed by atoms with Crippen molar-refractivity contribution >= 4 is 21.6 Å². The highest BCUT2D eigenvalue weighted by Gasteiger charge is 2.16. The van der Waals surface area contributed by atoms with Crippen LogP contribution in [-0.2, 0) is 14.8 Å². The minimum atomic E-state index is -3.50. The van der Waals surface area contributed by atoms with Gasteiger partial charge in [0.25, 0.3) is 0 Å². The number of para-hydroxylation sites is 1. The molecule has 0 unspecified atom stereocenters. The van der Waals surface area contributed by atoms with Crippen LogP contribution in [0.5, 0.6) is 5.75 Å². The number of ether oxygens (including phenoxy) is 1. The van der Waals surface area contributed by atoms with Gasteiger partial charge in [-0.2, -0.15) is 0 Å². The number of hydrogen-bond acceptors (Lipinski definition) is 5. The van der Waals surface area contributed by atoms with Crippen LogP contribution >= 0.6 is 0 Å². The van der Waals surface area contributed by atoms with Crippen LogP contribution in [0.2, 0.25) is 0 Å². The molecule has 7 nitrogen and oxygen atoms in total. The number of carbonyl (C=O) groups is 1. The van der Waals surface area contributed by atoms with Gasteiger partial charge in [0, 0.05) is 39.3 Å². The molecule has 2 rings (SSSR count). The Labute approximate surface area is 171 Å². The van der Waals surface area contributed by atoms with Crippen LogP contribution in [0.1, 0.15) is 6.42 Å². The molecule has 1 N–H and O–H groups in total. The summed E-state index contributed by atoms with van der Waals surface area (Å²) in [4.78, 5) is 14.2. The molecule has 0 saturated heterocycles. The predicted molar refractivity (Wildman–Crippen MR) is 110 cm³/mol. The maximum Gasteiger partial charge on any atom is 0.242 e. The Balaban J connectivity index is 1.74. The van der Waals surface area contributed by atoms with Crippen LogP contribution in [0.4, 0.5) is 10.1 Å². The van der Waals surface area contributed by atoms with E-state index < -0.39 is 15.8 Å². The summed E-state index contributed by atoms with van der Waals surface area (Å²) in [6.07, 6.45) is 0.258. The Bertz CT molecular complexity index is 918. The van der Waals surface area contributed by atoms with Gasteiger partial charge in [-0.25, -0.2) is 17.1 Å². The molecule has 9 heteroatoms. The second-order valence-corrected chi connectivity index (χ2v) is 8.84. The van der Waals surface area contributed by atoms with Gasteiger partial charge in [-0.1, -0.05) is 12.1 Å². The van der Waals surface area contributed by atoms with Crippen molar-refractivity contribution in [2.75, 3.05) is 46.2 Å². The van der Waals surface area contributed by atoms with Crippen LogP contribution in [0.25, 0.3) is 0 Å². The van der Waals surface area contributed by atoms with Gasteiger partial charge in [-0.3, -0.25) is 4.79 Å². The van der Waals surface area contributed by atoms with Crippen molar-refractivity contribution in [2.24, 2.45) is 0 Å². The third-order valence-corrected chi connectivity index (χ3v) is 6.03. The fourth-order valence-corrected chi connectivity index (χ4v) is 3.32. The first kappa shape index (κ1) is 22.8. The molecule has 0 aromatic heterocycles. The SMILES string of the molecule is CN(CCOc1ccccc1F)CCC(=O)Nc1ccc(S(=O)(=O)N(C)C)cc1. The lowest BCUT2D eigenvalue weighted by molar-refractivity contribution is -0.116. The number of amides is 1. The van der Waals surface area contributed by atoms with Crippen molar-refractivity contribution in [3.63, 3.8) is 0 Å². The largest absolute Gasteiger partial charge is 0.489 e. The smallest absolute Gasteiger partial charge is 0.242 e. The van der Waals surface area contributed by atoms with Crippen LogP contribution in [-0.4, -0.2) is 64.4 Å². The molecule has 0 bridgehead atoms. The van der Waals surface area contributed by atoms with Crippen LogP contribution in [0.3, 0.4) is 0 Å². The van der Waals surface area contributed by atoms with E-state index in [0.29, 0.717) is 25.4 Å². The van der Waals surface area contributed by atoms with E-state index in [0.717, 1.165) is 4.31 Å². The first-order chi connectivity index (χ1) is 13.7. The maximum atomic E-state index is 13.5. The van der Waals surface area contributed by atoms with Crippen LogP contribution in [0, 0.1) is 5.82 Å². The molecule has 0 aliphatic heterocycles. The highest BCUT2D eigenvalue weighted by atomic mass is 32.2. The number of nitrogens with one attached hydrogen (secondary N) is 1. The van der Waals surface area contributed by atoms with Crippen molar-refractivity contribution in [3.05, 3.63) is 54.3 Å². The highest BCUT2D eigenvalue weighted by molar-refractivity contribution is 7.89. The summed E-state index contributed by atoms with van der Waals surface area (Å²) >= 11 is 0. The average molecular weight is 424 g/mol. The number of benzene rings is 2. The van der Waals surface area contributed by atoms with Gasteiger partial charge in [0.05, 0.1) is 4.90 Å². The summed E-state index contributed by atoms with van der Waals surface area (Å²) in [5.74, 6) is -0.382. The summed E-state index contributed by atoms with van der Waals surface area (Å²) in [6, 6.07) is 12.2. The van der Waals surface area contributed by atoms with Crippen molar-refractivity contribution in [3.8, 4) is 5.75 Å². The van der Waals surface area contributed by atoms with Gasteiger partial charge in [0.1, 0.15) is 6.61 Å². The first-order valence-electron chi connectivity index (χ1n) is 9.08. The number of hydrogen-bond donors (Lipinski definition) is 1. The minimum absolute atomic E-state index is 0.162. The van der Waals surface area contributed by atoms with E-state index in [9.17, 15) is 17.6 Å². The number of carbonyl (C=O) groups excluding carboxylic acids is 1. The average Bonchev–Trinajstić information content (AvgIpc) is 2.68. The number of anilines is 1. The van der Waals surface area contributed by atoms with E-state index >= 15 is 0 Å². The fourth-order valence-electron chi connectivity index (χ4n) is 2.42. The molecule has 0 aliphatic carbocycles. The van der Waals surface area contributed by atoms with Crippen molar-refractivity contribution in [1.29, 1.82) is 0 Å². The molecular formula is C20H26FN3O4S. The van der Waals surface area contributed by atoms with Gasteiger partial charge in [0.15, 0.2) is 11.6 Å². The van der Waals surface area contributed by atoms with E-state index in [1.54, 1.807) is 30.3 Å². The summed E-state index contributed by atoms with van der Waals surface area (Å²) in [5, 5.41) is 2.74. The van der Waals surface area contributed by atoms with Crippen molar-refractivity contribution in [2.45, 2.75) is 11.3 Å². The van der Waals surface area contributed by atoms with Crippen LogP contribution < -0.4 is 10.1 Å². The zero-order chi connectivity index (χ0) is 21.4. The van der Waals surface area contributed by atoms with Gasteiger partial charge < -0.3 is 15.0 Å².